The summed E-state index contributed by atoms with van der Waals surface area (Å²) in [5, 5.41) is 0.171. The Labute approximate surface area is 112 Å². The molecule has 0 bridgehead atoms. The van der Waals surface area contributed by atoms with Gasteiger partial charge in [-0.25, -0.2) is 0 Å². The van der Waals surface area contributed by atoms with Gasteiger partial charge in [-0.3, -0.25) is 4.79 Å². The summed E-state index contributed by atoms with van der Waals surface area (Å²) in [6, 6.07) is 7.84. The number of hydrogen-bond donors (Lipinski definition) is 1. The molecule has 0 aliphatic carbocycles. The van der Waals surface area contributed by atoms with Crippen molar-refractivity contribution in [2.24, 2.45) is 5.73 Å². The van der Waals surface area contributed by atoms with Gasteiger partial charge in [0.2, 0.25) is 0 Å². The highest BCUT2D eigenvalue weighted by molar-refractivity contribution is 7.99. The van der Waals surface area contributed by atoms with Crippen LogP contribution in [0.2, 0.25) is 0 Å². The van der Waals surface area contributed by atoms with E-state index in [-0.39, 0.29) is 11.2 Å². The Balaban J connectivity index is 2.56. The topological polar surface area (TPSA) is 61.5 Å². The molecule has 1 rings (SSSR count). The van der Waals surface area contributed by atoms with Crippen LogP contribution < -0.4 is 10.5 Å². The van der Waals surface area contributed by atoms with E-state index in [0.717, 1.165) is 11.3 Å². The zero-order valence-electron chi connectivity index (χ0n) is 10.7. The van der Waals surface area contributed by atoms with Gasteiger partial charge in [-0.05, 0) is 17.7 Å². The largest absolute Gasteiger partial charge is 0.497 e. The van der Waals surface area contributed by atoms with Crippen LogP contribution in [0.5, 0.6) is 5.75 Å². The lowest BCUT2D eigenvalue weighted by atomic mass is 10.1. The molecule has 0 saturated carbocycles. The molecular weight excluding hydrogens is 250 g/mol. The van der Waals surface area contributed by atoms with E-state index >= 15 is 0 Å². The van der Waals surface area contributed by atoms with Crippen LogP contribution in [0.3, 0.4) is 0 Å². The first-order valence-electron chi connectivity index (χ1n) is 5.73. The number of esters is 1. The molecule has 0 aliphatic rings. The van der Waals surface area contributed by atoms with E-state index in [4.69, 9.17) is 10.5 Å². The van der Waals surface area contributed by atoms with Gasteiger partial charge < -0.3 is 15.2 Å². The van der Waals surface area contributed by atoms with Crippen molar-refractivity contribution >= 4 is 17.7 Å². The second-order valence-electron chi connectivity index (χ2n) is 3.70. The molecule has 0 spiro atoms. The zero-order valence-corrected chi connectivity index (χ0v) is 11.5. The Hall–Kier alpha value is -1.20. The van der Waals surface area contributed by atoms with E-state index in [1.807, 2.05) is 24.3 Å². The molecule has 0 radical (unpaired) electrons. The highest BCUT2D eigenvalue weighted by Gasteiger charge is 2.12. The summed E-state index contributed by atoms with van der Waals surface area (Å²) in [5.74, 6) is 1.33. The van der Waals surface area contributed by atoms with Crippen molar-refractivity contribution in [3.63, 3.8) is 0 Å². The van der Waals surface area contributed by atoms with Crippen LogP contribution in [0, 0.1) is 0 Å². The van der Waals surface area contributed by atoms with Crippen LogP contribution in [-0.2, 0) is 9.53 Å². The fourth-order valence-corrected chi connectivity index (χ4v) is 2.57. The number of carbonyl (C=O) groups excluding carboxylic acids is 1. The Morgan fingerprint density at radius 2 is 2.22 bits per heavy atom. The maximum Gasteiger partial charge on any atom is 0.306 e. The zero-order chi connectivity index (χ0) is 13.4. The van der Waals surface area contributed by atoms with Crippen molar-refractivity contribution in [2.75, 3.05) is 26.5 Å². The minimum Gasteiger partial charge on any atom is -0.497 e. The molecule has 1 aromatic rings. The number of thioether (sulfide) groups is 1. The van der Waals surface area contributed by atoms with Gasteiger partial charge in [-0.1, -0.05) is 12.1 Å². The van der Waals surface area contributed by atoms with Crippen molar-refractivity contribution < 1.29 is 14.3 Å². The third-order valence-corrected chi connectivity index (χ3v) is 3.84. The third-order valence-electron chi connectivity index (χ3n) is 2.53. The van der Waals surface area contributed by atoms with Gasteiger partial charge in [0.1, 0.15) is 5.75 Å². The van der Waals surface area contributed by atoms with Crippen molar-refractivity contribution in [3.05, 3.63) is 29.8 Å². The number of methoxy groups -OCH3 is 2. The molecule has 0 heterocycles. The average Bonchev–Trinajstić information content (AvgIpc) is 2.43. The van der Waals surface area contributed by atoms with Crippen LogP contribution in [0.15, 0.2) is 24.3 Å². The van der Waals surface area contributed by atoms with Crippen molar-refractivity contribution in [2.45, 2.75) is 11.7 Å². The highest BCUT2D eigenvalue weighted by Crippen LogP contribution is 2.30. The summed E-state index contributed by atoms with van der Waals surface area (Å²) in [6.45, 7) is 0.527. The van der Waals surface area contributed by atoms with Gasteiger partial charge in [0.25, 0.3) is 0 Å². The molecule has 5 heteroatoms. The minimum atomic E-state index is -0.191. The van der Waals surface area contributed by atoms with E-state index in [2.05, 4.69) is 4.74 Å². The molecular formula is C13H19NO3S. The second-order valence-corrected chi connectivity index (χ2v) is 5.01. The van der Waals surface area contributed by atoms with E-state index in [0.29, 0.717) is 18.7 Å². The SMILES string of the molecule is COC(=O)CCSC(CN)c1cccc(OC)c1. The van der Waals surface area contributed by atoms with Crippen molar-refractivity contribution in [1.82, 2.24) is 0 Å². The number of carbonyl (C=O) groups is 1. The molecule has 0 amide bonds. The fraction of sp³-hybridized carbons (Fsp3) is 0.462. The molecule has 1 atom stereocenters. The van der Waals surface area contributed by atoms with E-state index < -0.39 is 0 Å². The maximum absolute atomic E-state index is 11.0. The van der Waals surface area contributed by atoms with Crippen LogP contribution in [0.4, 0.5) is 0 Å². The Morgan fingerprint density at radius 3 is 2.83 bits per heavy atom. The minimum absolute atomic E-state index is 0.171. The highest BCUT2D eigenvalue weighted by atomic mass is 32.2. The van der Waals surface area contributed by atoms with Crippen LogP contribution in [0.1, 0.15) is 17.2 Å². The number of ether oxygens (including phenoxy) is 2. The summed E-state index contributed by atoms with van der Waals surface area (Å²) >= 11 is 1.66. The summed E-state index contributed by atoms with van der Waals surface area (Å²) in [7, 11) is 3.04. The van der Waals surface area contributed by atoms with Crippen LogP contribution in [-0.4, -0.2) is 32.5 Å². The molecule has 0 aromatic heterocycles. The molecule has 0 aliphatic heterocycles. The number of nitrogens with two attached hydrogens (primary N) is 1. The Bertz CT molecular complexity index is 384. The summed E-state index contributed by atoms with van der Waals surface area (Å²) in [6.07, 6.45) is 0.404. The van der Waals surface area contributed by atoms with E-state index in [1.165, 1.54) is 7.11 Å². The molecule has 0 fully saturated rings. The fourth-order valence-electron chi connectivity index (χ4n) is 1.53. The van der Waals surface area contributed by atoms with Gasteiger partial charge >= 0.3 is 5.97 Å². The number of hydrogen-bond acceptors (Lipinski definition) is 5. The Kier molecular flexibility index (Phi) is 6.60. The van der Waals surface area contributed by atoms with Gasteiger partial charge in [-0.2, -0.15) is 11.8 Å². The lowest BCUT2D eigenvalue weighted by Crippen LogP contribution is -2.11. The normalized spacial score (nSPS) is 11.9. The molecule has 2 N–H and O–H groups in total. The molecule has 0 saturated heterocycles. The second kappa shape index (κ2) is 8.00. The van der Waals surface area contributed by atoms with Gasteiger partial charge in [0.05, 0.1) is 20.6 Å². The first kappa shape index (κ1) is 14.9. The van der Waals surface area contributed by atoms with Crippen molar-refractivity contribution in [3.8, 4) is 5.75 Å². The van der Waals surface area contributed by atoms with E-state index in [9.17, 15) is 4.79 Å². The van der Waals surface area contributed by atoms with Gasteiger partial charge in [0, 0.05) is 17.5 Å². The first-order chi connectivity index (χ1) is 8.71. The summed E-state index contributed by atoms with van der Waals surface area (Å²) < 4.78 is 9.79. The van der Waals surface area contributed by atoms with Crippen LogP contribution >= 0.6 is 11.8 Å². The standard InChI is InChI=1S/C13H19NO3S/c1-16-11-5-3-4-10(8-11)12(9-14)18-7-6-13(15)17-2/h3-5,8,12H,6-7,9,14H2,1-2H3. The summed E-state index contributed by atoms with van der Waals surface area (Å²) in [5.41, 5.74) is 6.89. The smallest absolute Gasteiger partial charge is 0.306 e. The van der Waals surface area contributed by atoms with Crippen molar-refractivity contribution in [1.29, 1.82) is 0 Å². The lowest BCUT2D eigenvalue weighted by molar-refractivity contribution is -0.140. The Morgan fingerprint density at radius 1 is 1.44 bits per heavy atom. The third kappa shape index (κ3) is 4.58. The van der Waals surface area contributed by atoms with Crippen LogP contribution in [0.25, 0.3) is 0 Å². The number of benzene rings is 1. The molecule has 1 unspecified atom stereocenters. The lowest BCUT2D eigenvalue weighted by Gasteiger charge is -2.15. The predicted octanol–water partition coefficient (Wildman–Crippen LogP) is 1.99. The molecule has 1 aromatic carbocycles. The predicted molar refractivity (Wildman–Crippen MR) is 73.9 cm³/mol. The monoisotopic (exact) mass is 269 g/mol. The van der Waals surface area contributed by atoms with Gasteiger partial charge in [0.15, 0.2) is 0 Å². The number of rotatable bonds is 7. The quantitative estimate of drug-likeness (QED) is 0.767. The summed E-state index contributed by atoms with van der Waals surface area (Å²) in [4.78, 5) is 11.0. The van der Waals surface area contributed by atoms with Gasteiger partial charge in [-0.15, -0.1) is 0 Å². The first-order valence-corrected chi connectivity index (χ1v) is 6.78. The molecule has 4 nitrogen and oxygen atoms in total. The maximum atomic E-state index is 11.0. The van der Waals surface area contributed by atoms with E-state index in [1.54, 1.807) is 18.9 Å². The average molecular weight is 269 g/mol. The molecule has 18 heavy (non-hydrogen) atoms. The molecule has 100 valence electrons.